The van der Waals surface area contributed by atoms with E-state index in [0.29, 0.717) is 0 Å². The number of aromatic nitrogens is 1. The van der Waals surface area contributed by atoms with Crippen LogP contribution in [-0.4, -0.2) is 30.5 Å². The van der Waals surface area contributed by atoms with Gasteiger partial charge in [0.1, 0.15) is 0 Å². The molecule has 0 aliphatic heterocycles. The number of nitrogens with zero attached hydrogens (tertiary/aromatic N) is 1. The number of nitrogens with one attached hydrogen (secondary N) is 2. The van der Waals surface area contributed by atoms with Crippen LogP contribution in [0.3, 0.4) is 0 Å². The summed E-state index contributed by atoms with van der Waals surface area (Å²) >= 11 is 1.66. The van der Waals surface area contributed by atoms with Crippen molar-refractivity contribution in [2.45, 2.75) is 26.3 Å². The first-order chi connectivity index (χ1) is 7.13. The number of hydrogen-bond donors (Lipinski definition) is 2. The molecule has 0 radical (unpaired) electrons. The van der Waals surface area contributed by atoms with Crippen molar-refractivity contribution in [1.29, 1.82) is 0 Å². The molecule has 0 spiro atoms. The van der Waals surface area contributed by atoms with Crippen LogP contribution in [0.5, 0.6) is 0 Å². The average molecular weight is 227 g/mol. The maximum absolute atomic E-state index is 11.2. The van der Waals surface area contributed by atoms with Crippen molar-refractivity contribution in [3.8, 4) is 0 Å². The van der Waals surface area contributed by atoms with Crippen molar-refractivity contribution < 1.29 is 4.79 Å². The monoisotopic (exact) mass is 227 g/mol. The second-order valence-electron chi connectivity index (χ2n) is 3.40. The zero-order valence-electron chi connectivity index (χ0n) is 9.33. The summed E-state index contributed by atoms with van der Waals surface area (Å²) in [5, 5.41) is 8.89. The van der Waals surface area contributed by atoms with Gasteiger partial charge in [-0.2, -0.15) is 0 Å². The SMILES string of the molecule is CNC(=O)C(C)NCCc1csc(C)n1. The number of hydrogen-bond acceptors (Lipinski definition) is 4. The van der Waals surface area contributed by atoms with E-state index in [-0.39, 0.29) is 11.9 Å². The smallest absolute Gasteiger partial charge is 0.236 e. The second kappa shape index (κ2) is 5.82. The van der Waals surface area contributed by atoms with Gasteiger partial charge >= 0.3 is 0 Å². The highest BCUT2D eigenvalue weighted by molar-refractivity contribution is 7.09. The summed E-state index contributed by atoms with van der Waals surface area (Å²) in [6.07, 6.45) is 0.867. The summed E-state index contributed by atoms with van der Waals surface area (Å²) in [5.74, 6) is 0.0180. The van der Waals surface area contributed by atoms with Crippen LogP contribution in [-0.2, 0) is 11.2 Å². The van der Waals surface area contributed by atoms with Gasteiger partial charge in [-0.25, -0.2) is 4.98 Å². The Morgan fingerprint density at radius 1 is 1.67 bits per heavy atom. The Morgan fingerprint density at radius 3 is 2.93 bits per heavy atom. The number of carbonyl (C=O) groups excluding carboxylic acids is 1. The minimum absolute atomic E-state index is 0.0180. The fourth-order valence-electron chi connectivity index (χ4n) is 1.25. The maximum Gasteiger partial charge on any atom is 0.236 e. The van der Waals surface area contributed by atoms with E-state index in [1.54, 1.807) is 18.4 Å². The molecule has 84 valence electrons. The molecule has 0 aliphatic carbocycles. The van der Waals surface area contributed by atoms with Crippen molar-refractivity contribution in [3.63, 3.8) is 0 Å². The molecule has 0 bridgehead atoms. The Labute approximate surface area is 94.1 Å². The molecule has 0 saturated heterocycles. The van der Waals surface area contributed by atoms with Gasteiger partial charge in [0, 0.05) is 25.4 Å². The van der Waals surface area contributed by atoms with E-state index in [2.05, 4.69) is 21.0 Å². The standard InChI is InChI=1S/C10H17N3OS/c1-7(10(14)11-3)12-5-4-9-6-15-8(2)13-9/h6-7,12H,4-5H2,1-3H3,(H,11,14). The number of carbonyl (C=O) groups is 1. The summed E-state index contributed by atoms with van der Waals surface area (Å²) in [6, 6.07) is -0.144. The third kappa shape index (κ3) is 3.97. The first-order valence-electron chi connectivity index (χ1n) is 4.99. The molecular formula is C10H17N3OS. The quantitative estimate of drug-likeness (QED) is 0.779. The third-order valence-corrected chi connectivity index (χ3v) is 2.96. The second-order valence-corrected chi connectivity index (χ2v) is 4.46. The Kier molecular flexibility index (Phi) is 4.71. The summed E-state index contributed by atoms with van der Waals surface area (Å²) in [7, 11) is 1.64. The summed E-state index contributed by atoms with van der Waals surface area (Å²) in [4.78, 5) is 15.5. The molecule has 1 atom stereocenters. The maximum atomic E-state index is 11.2. The molecule has 0 aromatic carbocycles. The van der Waals surface area contributed by atoms with Crippen LogP contribution in [0.4, 0.5) is 0 Å². The highest BCUT2D eigenvalue weighted by atomic mass is 32.1. The lowest BCUT2D eigenvalue weighted by molar-refractivity contribution is -0.122. The molecule has 15 heavy (non-hydrogen) atoms. The number of aryl methyl sites for hydroxylation is 1. The van der Waals surface area contributed by atoms with Gasteiger partial charge in [0.2, 0.25) is 5.91 Å². The van der Waals surface area contributed by atoms with Crippen molar-refractivity contribution in [2.75, 3.05) is 13.6 Å². The predicted molar refractivity (Wildman–Crippen MR) is 62.1 cm³/mol. The zero-order chi connectivity index (χ0) is 11.3. The molecule has 0 aliphatic rings. The molecule has 1 aromatic heterocycles. The molecule has 0 fully saturated rings. The van der Waals surface area contributed by atoms with Gasteiger partial charge in [-0.3, -0.25) is 4.79 Å². The first kappa shape index (κ1) is 12.1. The van der Waals surface area contributed by atoms with Crippen LogP contribution < -0.4 is 10.6 Å². The van der Waals surface area contributed by atoms with E-state index in [9.17, 15) is 4.79 Å². The minimum atomic E-state index is -0.144. The van der Waals surface area contributed by atoms with E-state index in [1.807, 2.05) is 13.8 Å². The summed E-state index contributed by atoms with van der Waals surface area (Å²) in [5.41, 5.74) is 1.09. The van der Waals surface area contributed by atoms with Crippen LogP contribution in [0.25, 0.3) is 0 Å². The Hall–Kier alpha value is -0.940. The minimum Gasteiger partial charge on any atom is -0.358 e. The normalized spacial score (nSPS) is 12.5. The number of rotatable bonds is 5. The van der Waals surface area contributed by atoms with Gasteiger partial charge < -0.3 is 10.6 Å². The zero-order valence-corrected chi connectivity index (χ0v) is 10.1. The topological polar surface area (TPSA) is 54.0 Å². The fourth-order valence-corrected chi connectivity index (χ4v) is 1.90. The van der Waals surface area contributed by atoms with Crippen LogP contribution >= 0.6 is 11.3 Å². The lowest BCUT2D eigenvalue weighted by Gasteiger charge is -2.10. The fraction of sp³-hybridized carbons (Fsp3) is 0.600. The number of likely N-dealkylation sites (N-methyl/N-ethyl adjacent to an activating group) is 1. The first-order valence-corrected chi connectivity index (χ1v) is 5.87. The van der Waals surface area contributed by atoms with E-state index in [4.69, 9.17) is 0 Å². The third-order valence-electron chi connectivity index (χ3n) is 2.14. The lowest BCUT2D eigenvalue weighted by atomic mass is 10.3. The van der Waals surface area contributed by atoms with Gasteiger partial charge in [-0.15, -0.1) is 11.3 Å². The molecule has 1 amide bonds. The van der Waals surface area contributed by atoms with Crippen molar-refractivity contribution in [3.05, 3.63) is 16.1 Å². The molecular weight excluding hydrogens is 210 g/mol. The van der Waals surface area contributed by atoms with Crippen LogP contribution in [0.1, 0.15) is 17.6 Å². The number of thiazole rings is 1. The highest BCUT2D eigenvalue weighted by Gasteiger charge is 2.09. The van der Waals surface area contributed by atoms with Gasteiger partial charge in [-0.1, -0.05) is 0 Å². The van der Waals surface area contributed by atoms with Gasteiger partial charge in [0.05, 0.1) is 16.7 Å². The molecule has 1 heterocycles. The van der Waals surface area contributed by atoms with Crippen LogP contribution in [0.2, 0.25) is 0 Å². The number of amides is 1. The Bertz CT molecular complexity index is 324. The molecule has 1 unspecified atom stereocenters. The van der Waals surface area contributed by atoms with E-state index < -0.39 is 0 Å². The molecule has 0 saturated carbocycles. The Balaban J connectivity index is 2.24. The summed E-state index contributed by atoms with van der Waals surface area (Å²) in [6.45, 7) is 4.62. The van der Waals surface area contributed by atoms with Crippen LogP contribution in [0.15, 0.2) is 5.38 Å². The Morgan fingerprint density at radius 2 is 2.40 bits per heavy atom. The van der Waals surface area contributed by atoms with Crippen LogP contribution in [0, 0.1) is 6.92 Å². The predicted octanol–water partition coefficient (Wildman–Crippen LogP) is 0.718. The molecule has 1 aromatic rings. The van der Waals surface area contributed by atoms with Crippen molar-refractivity contribution in [2.24, 2.45) is 0 Å². The van der Waals surface area contributed by atoms with E-state index in [1.165, 1.54) is 0 Å². The van der Waals surface area contributed by atoms with Gasteiger partial charge in [-0.05, 0) is 13.8 Å². The van der Waals surface area contributed by atoms with E-state index >= 15 is 0 Å². The average Bonchev–Trinajstić information content (AvgIpc) is 2.63. The van der Waals surface area contributed by atoms with Crippen molar-refractivity contribution in [1.82, 2.24) is 15.6 Å². The molecule has 4 nitrogen and oxygen atoms in total. The van der Waals surface area contributed by atoms with Gasteiger partial charge in [0.15, 0.2) is 0 Å². The molecule has 5 heteroatoms. The molecule has 2 N–H and O–H groups in total. The largest absolute Gasteiger partial charge is 0.358 e. The summed E-state index contributed by atoms with van der Waals surface area (Å²) < 4.78 is 0. The lowest BCUT2D eigenvalue weighted by Crippen LogP contribution is -2.41. The molecule has 1 rings (SSSR count). The van der Waals surface area contributed by atoms with Gasteiger partial charge in [0.25, 0.3) is 0 Å². The van der Waals surface area contributed by atoms with E-state index in [0.717, 1.165) is 23.7 Å². The highest BCUT2D eigenvalue weighted by Crippen LogP contribution is 2.07. The van der Waals surface area contributed by atoms with Crippen molar-refractivity contribution >= 4 is 17.2 Å².